The second-order valence-electron chi connectivity index (χ2n) is 6.88. The van der Waals surface area contributed by atoms with Gasteiger partial charge in [-0.15, -0.1) is 0 Å². The van der Waals surface area contributed by atoms with Crippen LogP contribution in [-0.4, -0.2) is 40.2 Å². The first-order valence-electron chi connectivity index (χ1n) is 8.91. The number of carbonyl (C=O) groups is 1. The van der Waals surface area contributed by atoms with E-state index in [-0.39, 0.29) is 23.5 Å². The van der Waals surface area contributed by atoms with E-state index >= 15 is 0 Å². The average molecular weight is 429 g/mol. The molecule has 7 nitrogen and oxygen atoms in total. The van der Waals surface area contributed by atoms with E-state index in [9.17, 15) is 18.0 Å². The molecule has 1 aliphatic carbocycles. The summed E-state index contributed by atoms with van der Waals surface area (Å²) in [4.78, 5) is 11.8. The van der Waals surface area contributed by atoms with E-state index < -0.39 is 30.7 Å². The second kappa shape index (κ2) is 8.42. The first kappa shape index (κ1) is 21.1. The van der Waals surface area contributed by atoms with Crippen molar-refractivity contribution in [3.05, 3.63) is 41.0 Å². The SMILES string of the molecule is N=C1C[C@H](NCC(F)(F)F)CC[C@@H]1n1cc(C(N)=O)c(Nc2ccc(Cl)cc2)n1. The van der Waals surface area contributed by atoms with Gasteiger partial charge in [-0.3, -0.25) is 9.48 Å². The van der Waals surface area contributed by atoms with Crippen LogP contribution in [0.4, 0.5) is 24.7 Å². The molecule has 5 N–H and O–H groups in total. The predicted molar refractivity (Wildman–Crippen MR) is 104 cm³/mol. The predicted octanol–water partition coefficient (Wildman–Crippen LogP) is 3.64. The largest absolute Gasteiger partial charge is 0.401 e. The third kappa shape index (κ3) is 5.48. The van der Waals surface area contributed by atoms with Gasteiger partial charge in [-0.2, -0.15) is 18.3 Å². The molecule has 0 spiro atoms. The van der Waals surface area contributed by atoms with Crippen molar-refractivity contribution in [1.82, 2.24) is 15.1 Å². The maximum atomic E-state index is 12.4. The number of rotatable bonds is 6. The highest BCUT2D eigenvalue weighted by molar-refractivity contribution is 6.30. The number of benzene rings is 1. The van der Waals surface area contributed by atoms with Gasteiger partial charge in [-0.25, -0.2) is 0 Å². The molecule has 0 aliphatic heterocycles. The lowest BCUT2D eigenvalue weighted by atomic mass is 9.89. The quantitative estimate of drug-likeness (QED) is 0.563. The molecular weight excluding hydrogens is 409 g/mol. The van der Waals surface area contributed by atoms with Crippen LogP contribution in [-0.2, 0) is 0 Å². The molecule has 1 saturated carbocycles. The Morgan fingerprint density at radius 1 is 1.31 bits per heavy atom. The van der Waals surface area contributed by atoms with Crippen LogP contribution in [0.2, 0.25) is 5.02 Å². The maximum Gasteiger partial charge on any atom is 0.401 e. The normalized spacial score (nSPS) is 19.9. The Labute approximate surface area is 169 Å². The van der Waals surface area contributed by atoms with Crippen molar-refractivity contribution in [3.63, 3.8) is 0 Å². The van der Waals surface area contributed by atoms with Gasteiger partial charge in [0.2, 0.25) is 0 Å². The smallest absolute Gasteiger partial charge is 0.365 e. The molecule has 2 aromatic rings. The number of amides is 1. The highest BCUT2D eigenvalue weighted by Gasteiger charge is 2.32. The van der Waals surface area contributed by atoms with Gasteiger partial charge in [-0.05, 0) is 37.1 Å². The number of halogens is 4. The highest BCUT2D eigenvalue weighted by atomic mass is 35.5. The molecular formula is C18H20ClF3N6O. The van der Waals surface area contributed by atoms with Crippen LogP contribution in [0.5, 0.6) is 0 Å². The summed E-state index contributed by atoms with van der Waals surface area (Å²) in [6, 6.07) is 5.92. The highest BCUT2D eigenvalue weighted by Crippen LogP contribution is 2.29. The molecule has 0 saturated heterocycles. The van der Waals surface area contributed by atoms with Gasteiger partial charge in [0.05, 0.1) is 12.6 Å². The Morgan fingerprint density at radius 2 is 2.00 bits per heavy atom. The number of primary amides is 1. The first-order valence-corrected chi connectivity index (χ1v) is 9.29. The number of nitrogens with two attached hydrogens (primary N) is 1. The van der Waals surface area contributed by atoms with Crippen LogP contribution in [0.3, 0.4) is 0 Å². The molecule has 11 heteroatoms. The third-order valence-electron chi connectivity index (χ3n) is 4.67. The van der Waals surface area contributed by atoms with E-state index in [1.807, 2.05) is 0 Å². The zero-order valence-electron chi connectivity index (χ0n) is 15.3. The summed E-state index contributed by atoms with van der Waals surface area (Å²) in [7, 11) is 0. The van der Waals surface area contributed by atoms with E-state index in [0.29, 0.717) is 23.6 Å². The number of hydrogen-bond acceptors (Lipinski definition) is 5. The summed E-state index contributed by atoms with van der Waals surface area (Å²) < 4.78 is 38.6. The van der Waals surface area contributed by atoms with Crippen molar-refractivity contribution in [3.8, 4) is 0 Å². The molecule has 1 aromatic heterocycles. The lowest BCUT2D eigenvalue weighted by Crippen LogP contribution is -2.42. The van der Waals surface area contributed by atoms with Crippen LogP contribution < -0.4 is 16.4 Å². The van der Waals surface area contributed by atoms with Crippen molar-refractivity contribution >= 4 is 34.7 Å². The molecule has 1 heterocycles. The maximum absolute atomic E-state index is 12.4. The Hall–Kier alpha value is -2.59. The van der Waals surface area contributed by atoms with Crippen LogP contribution >= 0.6 is 11.6 Å². The minimum absolute atomic E-state index is 0.157. The fraction of sp³-hybridized carbons (Fsp3) is 0.389. The minimum atomic E-state index is -4.29. The van der Waals surface area contributed by atoms with E-state index in [0.717, 1.165) is 0 Å². The molecule has 1 aliphatic rings. The molecule has 156 valence electrons. The standard InChI is InChI=1S/C18H20ClF3N6O/c19-10-1-3-11(4-2-10)26-17-13(16(24)29)8-28(27-17)15-6-5-12(7-14(15)23)25-9-18(20,21)22/h1-4,8,12,15,23,25H,5-7,9H2,(H2,24,29)(H,26,27)/t12-,15+/m1/s1. The summed E-state index contributed by atoms with van der Waals surface area (Å²) in [6.07, 6.45) is -1.78. The Morgan fingerprint density at radius 3 is 2.59 bits per heavy atom. The molecule has 1 amide bonds. The molecule has 1 aromatic carbocycles. The second-order valence-corrected chi connectivity index (χ2v) is 7.32. The number of nitrogens with one attached hydrogen (secondary N) is 3. The summed E-state index contributed by atoms with van der Waals surface area (Å²) in [5, 5.41) is 18.6. The van der Waals surface area contributed by atoms with Crippen LogP contribution in [0.25, 0.3) is 0 Å². The Kier molecular flexibility index (Phi) is 6.13. The topological polar surface area (TPSA) is 109 Å². The molecule has 0 unspecified atom stereocenters. The van der Waals surface area contributed by atoms with Gasteiger partial charge in [-0.1, -0.05) is 11.6 Å². The van der Waals surface area contributed by atoms with Gasteiger partial charge in [0, 0.05) is 35.1 Å². The molecule has 29 heavy (non-hydrogen) atoms. The number of alkyl halides is 3. The Balaban J connectivity index is 1.73. The van der Waals surface area contributed by atoms with Gasteiger partial charge in [0.15, 0.2) is 5.82 Å². The zero-order chi connectivity index (χ0) is 21.2. The van der Waals surface area contributed by atoms with Crippen molar-refractivity contribution < 1.29 is 18.0 Å². The number of anilines is 2. The molecule has 2 atom stereocenters. The summed E-state index contributed by atoms with van der Waals surface area (Å²) in [6.45, 7) is -1.08. The van der Waals surface area contributed by atoms with Gasteiger partial charge >= 0.3 is 6.18 Å². The van der Waals surface area contributed by atoms with Gasteiger partial charge < -0.3 is 21.8 Å². The molecule has 0 radical (unpaired) electrons. The van der Waals surface area contributed by atoms with Crippen molar-refractivity contribution in [2.75, 3.05) is 11.9 Å². The molecule has 0 bridgehead atoms. The van der Waals surface area contributed by atoms with Crippen LogP contribution in [0.15, 0.2) is 30.5 Å². The van der Waals surface area contributed by atoms with Gasteiger partial charge in [0.25, 0.3) is 5.91 Å². The minimum Gasteiger partial charge on any atom is -0.365 e. The lowest BCUT2D eigenvalue weighted by Gasteiger charge is -2.30. The van der Waals surface area contributed by atoms with Gasteiger partial charge in [0.1, 0.15) is 5.56 Å². The van der Waals surface area contributed by atoms with Crippen LogP contribution in [0.1, 0.15) is 35.7 Å². The first-order chi connectivity index (χ1) is 13.6. The third-order valence-corrected chi connectivity index (χ3v) is 4.92. The monoisotopic (exact) mass is 428 g/mol. The number of hydrogen-bond donors (Lipinski definition) is 4. The zero-order valence-corrected chi connectivity index (χ0v) is 16.0. The summed E-state index contributed by atoms with van der Waals surface area (Å²) in [5.74, 6) is -0.440. The summed E-state index contributed by atoms with van der Waals surface area (Å²) in [5.41, 5.74) is 6.50. The fourth-order valence-corrected chi connectivity index (χ4v) is 3.38. The van der Waals surface area contributed by atoms with Crippen molar-refractivity contribution in [2.24, 2.45) is 5.73 Å². The number of nitrogens with zero attached hydrogens (tertiary/aromatic N) is 2. The van der Waals surface area contributed by atoms with Crippen molar-refractivity contribution in [2.45, 2.75) is 37.5 Å². The fourth-order valence-electron chi connectivity index (χ4n) is 3.26. The summed E-state index contributed by atoms with van der Waals surface area (Å²) >= 11 is 5.86. The van der Waals surface area contributed by atoms with E-state index in [2.05, 4.69) is 15.7 Å². The Bertz CT molecular complexity index is 896. The molecule has 1 fully saturated rings. The molecule has 3 rings (SSSR count). The van der Waals surface area contributed by atoms with E-state index in [4.69, 9.17) is 22.7 Å². The number of aromatic nitrogens is 2. The van der Waals surface area contributed by atoms with Crippen molar-refractivity contribution in [1.29, 1.82) is 5.41 Å². The van der Waals surface area contributed by atoms with Crippen LogP contribution in [0, 0.1) is 5.41 Å². The lowest BCUT2D eigenvalue weighted by molar-refractivity contribution is -0.126. The van der Waals surface area contributed by atoms with E-state index in [1.54, 1.807) is 24.3 Å². The van der Waals surface area contributed by atoms with E-state index in [1.165, 1.54) is 10.9 Å². The number of carbonyl (C=O) groups excluding carboxylic acids is 1. The average Bonchev–Trinajstić information content (AvgIpc) is 3.05.